The lowest BCUT2D eigenvalue weighted by Gasteiger charge is -2.11. The second kappa shape index (κ2) is 9.40. The summed E-state index contributed by atoms with van der Waals surface area (Å²) in [6, 6.07) is 6.18. The summed E-state index contributed by atoms with van der Waals surface area (Å²) in [4.78, 5) is 0. The van der Waals surface area contributed by atoms with Gasteiger partial charge in [0.05, 0.1) is 6.61 Å². The lowest BCUT2D eigenvalue weighted by Crippen LogP contribution is -2.15. The van der Waals surface area contributed by atoms with Gasteiger partial charge in [0.2, 0.25) is 0 Å². The number of rotatable bonds is 9. The molecular formula is C15H24BrNO. The van der Waals surface area contributed by atoms with E-state index in [-0.39, 0.29) is 0 Å². The molecule has 1 rings (SSSR count). The van der Waals surface area contributed by atoms with Crippen LogP contribution in [0.3, 0.4) is 0 Å². The van der Waals surface area contributed by atoms with Crippen molar-refractivity contribution in [2.24, 2.45) is 0 Å². The number of nitrogens with one attached hydrogen (secondary N) is 1. The first kappa shape index (κ1) is 15.5. The molecule has 0 fully saturated rings. The van der Waals surface area contributed by atoms with Crippen molar-refractivity contribution in [2.45, 2.75) is 46.1 Å². The minimum atomic E-state index is 0.713. The first-order valence-corrected chi connectivity index (χ1v) is 7.69. The van der Waals surface area contributed by atoms with Crippen molar-refractivity contribution >= 4 is 15.9 Å². The Morgan fingerprint density at radius 3 is 2.72 bits per heavy atom. The summed E-state index contributed by atoms with van der Waals surface area (Å²) >= 11 is 3.51. The third kappa shape index (κ3) is 5.87. The third-order valence-corrected chi connectivity index (χ3v) is 3.34. The quantitative estimate of drug-likeness (QED) is 0.677. The van der Waals surface area contributed by atoms with Gasteiger partial charge >= 0.3 is 0 Å². The molecule has 0 aromatic heterocycles. The number of hydrogen-bond acceptors (Lipinski definition) is 2. The predicted octanol–water partition coefficient (Wildman–Crippen LogP) is 4.52. The van der Waals surface area contributed by atoms with Gasteiger partial charge in [-0.15, -0.1) is 0 Å². The van der Waals surface area contributed by atoms with Gasteiger partial charge < -0.3 is 10.1 Å². The summed E-state index contributed by atoms with van der Waals surface area (Å²) in [6.07, 6.45) is 5.20. The zero-order valence-corrected chi connectivity index (χ0v) is 13.1. The standard InChI is InChI=1S/C15H24BrNO/c1-3-5-6-7-10-17-12-13-11-14(16)8-9-15(13)18-4-2/h8-9,11,17H,3-7,10,12H2,1-2H3. The van der Waals surface area contributed by atoms with Crippen molar-refractivity contribution in [3.05, 3.63) is 28.2 Å². The molecule has 0 spiro atoms. The molecule has 18 heavy (non-hydrogen) atoms. The molecule has 2 nitrogen and oxygen atoms in total. The Balaban J connectivity index is 2.37. The van der Waals surface area contributed by atoms with E-state index in [0.717, 1.165) is 23.3 Å². The molecule has 0 radical (unpaired) electrons. The summed E-state index contributed by atoms with van der Waals surface area (Å²) < 4.78 is 6.73. The SMILES string of the molecule is CCCCCCNCc1cc(Br)ccc1OCC. The van der Waals surface area contributed by atoms with Gasteiger partial charge in [-0.3, -0.25) is 0 Å². The Bertz CT molecular complexity index is 341. The molecule has 102 valence electrons. The molecule has 0 saturated heterocycles. The summed E-state index contributed by atoms with van der Waals surface area (Å²) in [6.45, 7) is 6.93. The molecule has 1 aromatic rings. The lowest BCUT2D eigenvalue weighted by molar-refractivity contribution is 0.335. The summed E-state index contributed by atoms with van der Waals surface area (Å²) in [5, 5.41) is 3.49. The Morgan fingerprint density at radius 2 is 2.00 bits per heavy atom. The minimum absolute atomic E-state index is 0.713. The fraction of sp³-hybridized carbons (Fsp3) is 0.600. The van der Waals surface area contributed by atoms with Gasteiger partial charge in [0.25, 0.3) is 0 Å². The van der Waals surface area contributed by atoms with Crippen LogP contribution < -0.4 is 10.1 Å². The van der Waals surface area contributed by atoms with Crippen LogP contribution in [-0.2, 0) is 6.54 Å². The fourth-order valence-corrected chi connectivity index (χ4v) is 2.29. The Morgan fingerprint density at radius 1 is 1.17 bits per heavy atom. The van der Waals surface area contributed by atoms with E-state index in [1.807, 2.05) is 19.1 Å². The van der Waals surface area contributed by atoms with Gasteiger partial charge in [-0.05, 0) is 38.1 Å². The summed E-state index contributed by atoms with van der Waals surface area (Å²) in [5.74, 6) is 0.988. The maximum absolute atomic E-state index is 5.63. The van der Waals surface area contributed by atoms with Crippen LogP contribution in [0.25, 0.3) is 0 Å². The topological polar surface area (TPSA) is 21.3 Å². The van der Waals surface area contributed by atoms with Crippen molar-refractivity contribution in [2.75, 3.05) is 13.2 Å². The number of hydrogen-bond donors (Lipinski definition) is 1. The van der Waals surface area contributed by atoms with Crippen LogP contribution in [0.5, 0.6) is 5.75 Å². The van der Waals surface area contributed by atoms with Crippen molar-refractivity contribution in [1.82, 2.24) is 5.32 Å². The molecule has 0 unspecified atom stereocenters. The van der Waals surface area contributed by atoms with Crippen LogP contribution >= 0.6 is 15.9 Å². The highest BCUT2D eigenvalue weighted by molar-refractivity contribution is 9.10. The van der Waals surface area contributed by atoms with Gasteiger partial charge in [-0.2, -0.15) is 0 Å². The zero-order valence-electron chi connectivity index (χ0n) is 11.5. The van der Waals surface area contributed by atoms with E-state index >= 15 is 0 Å². The van der Waals surface area contributed by atoms with E-state index in [1.165, 1.54) is 31.2 Å². The largest absolute Gasteiger partial charge is 0.494 e. The predicted molar refractivity (Wildman–Crippen MR) is 81.2 cm³/mol. The van der Waals surface area contributed by atoms with Gasteiger partial charge in [-0.25, -0.2) is 0 Å². The van der Waals surface area contributed by atoms with Crippen LogP contribution in [0.2, 0.25) is 0 Å². The summed E-state index contributed by atoms with van der Waals surface area (Å²) in [7, 11) is 0. The fourth-order valence-electron chi connectivity index (χ4n) is 1.88. The molecule has 0 aliphatic rings. The maximum Gasteiger partial charge on any atom is 0.123 e. The average Bonchev–Trinajstić information content (AvgIpc) is 2.37. The molecule has 1 aromatic carbocycles. The molecule has 1 N–H and O–H groups in total. The van der Waals surface area contributed by atoms with E-state index in [1.54, 1.807) is 0 Å². The molecular weight excluding hydrogens is 290 g/mol. The molecule has 0 aliphatic heterocycles. The highest BCUT2D eigenvalue weighted by atomic mass is 79.9. The first-order chi connectivity index (χ1) is 8.77. The van der Waals surface area contributed by atoms with E-state index in [0.29, 0.717) is 6.61 Å². The molecule has 0 aliphatic carbocycles. The molecule has 0 saturated carbocycles. The number of benzene rings is 1. The van der Waals surface area contributed by atoms with E-state index in [2.05, 4.69) is 34.2 Å². The van der Waals surface area contributed by atoms with Crippen molar-refractivity contribution < 1.29 is 4.74 Å². The number of ether oxygens (including phenoxy) is 1. The second-order valence-electron chi connectivity index (χ2n) is 4.42. The Hall–Kier alpha value is -0.540. The van der Waals surface area contributed by atoms with Gasteiger partial charge in [0.15, 0.2) is 0 Å². The smallest absolute Gasteiger partial charge is 0.123 e. The molecule has 0 heterocycles. The Kier molecular flexibility index (Phi) is 8.10. The van der Waals surface area contributed by atoms with Crippen LogP contribution in [0.4, 0.5) is 0 Å². The van der Waals surface area contributed by atoms with Crippen LogP contribution in [0, 0.1) is 0 Å². The van der Waals surface area contributed by atoms with E-state index in [9.17, 15) is 0 Å². The monoisotopic (exact) mass is 313 g/mol. The van der Waals surface area contributed by atoms with Crippen LogP contribution in [0.1, 0.15) is 45.1 Å². The van der Waals surface area contributed by atoms with Gasteiger partial charge in [-0.1, -0.05) is 42.1 Å². The minimum Gasteiger partial charge on any atom is -0.494 e. The molecule has 3 heteroatoms. The van der Waals surface area contributed by atoms with E-state index in [4.69, 9.17) is 4.74 Å². The molecule has 0 bridgehead atoms. The number of unbranched alkanes of at least 4 members (excludes halogenated alkanes) is 3. The zero-order chi connectivity index (χ0) is 13.2. The van der Waals surface area contributed by atoms with Gasteiger partial charge in [0.1, 0.15) is 5.75 Å². The average molecular weight is 314 g/mol. The Labute approximate surface area is 119 Å². The summed E-state index contributed by atoms with van der Waals surface area (Å²) in [5.41, 5.74) is 1.22. The normalized spacial score (nSPS) is 10.6. The van der Waals surface area contributed by atoms with Crippen molar-refractivity contribution in [3.8, 4) is 5.75 Å². The van der Waals surface area contributed by atoms with Crippen LogP contribution in [-0.4, -0.2) is 13.2 Å². The molecule has 0 atom stereocenters. The van der Waals surface area contributed by atoms with Crippen molar-refractivity contribution in [3.63, 3.8) is 0 Å². The number of halogens is 1. The maximum atomic E-state index is 5.63. The van der Waals surface area contributed by atoms with E-state index < -0.39 is 0 Å². The third-order valence-electron chi connectivity index (χ3n) is 2.84. The van der Waals surface area contributed by atoms with Gasteiger partial charge in [0, 0.05) is 16.6 Å². The second-order valence-corrected chi connectivity index (χ2v) is 5.34. The van der Waals surface area contributed by atoms with Crippen LogP contribution in [0.15, 0.2) is 22.7 Å². The lowest BCUT2D eigenvalue weighted by atomic mass is 10.2. The highest BCUT2D eigenvalue weighted by Gasteiger charge is 2.03. The highest BCUT2D eigenvalue weighted by Crippen LogP contribution is 2.23. The van der Waals surface area contributed by atoms with Crippen molar-refractivity contribution in [1.29, 1.82) is 0 Å². The first-order valence-electron chi connectivity index (χ1n) is 6.89. The molecule has 0 amide bonds.